The van der Waals surface area contributed by atoms with Crippen LogP contribution in [-0.4, -0.2) is 20.9 Å². The maximum atomic E-state index is 12.3. The van der Waals surface area contributed by atoms with E-state index in [1.807, 2.05) is 24.4 Å². The second-order valence-electron chi connectivity index (χ2n) is 4.13. The van der Waals surface area contributed by atoms with Gasteiger partial charge in [-0.15, -0.1) is 11.3 Å². The summed E-state index contributed by atoms with van der Waals surface area (Å²) in [6, 6.07) is 7.20. The molecule has 3 aromatic rings. The van der Waals surface area contributed by atoms with Crippen LogP contribution in [-0.2, 0) is 0 Å². The molecular weight excluding hydrogens is 292 g/mol. The molecule has 2 heterocycles. The zero-order valence-electron chi connectivity index (χ0n) is 10.5. The van der Waals surface area contributed by atoms with E-state index in [0.29, 0.717) is 16.6 Å². The molecule has 0 unspecified atom stereocenters. The van der Waals surface area contributed by atoms with Crippen molar-refractivity contribution in [2.75, 3.05) is 0 Å². The van der Waals surface area contributed by atoms with Gasteiger partial charge in [-0.25, -0.2) is 4.98 Å². The third-order valence-corrected chi connectivity index (χ3v) is 3.79. The second kappa shape index (κ2) is 5.10. The van der Waals surface area contributed by atoms with Gasteiger partial charge in [0.2, 0.25) is 4.77 Å². The average molecular weight is 302 g/mol. The molecule has 0 atom stereocenters. The lowest BCUT2D eigenvalue weighted by atomic mass is 10.2. The van der Waals surface area contributed by atoms with E-state index in [-0.39, 0.29) is 10.3 Å². The lowest BCUT2D eigenvalue weighted by Crippen LogP contribution is -2.18. The van der Waals surface area contributed by atoms with Crippen LogP contribution in [0.3, 0.4) is 0 Å². The Morgan fingerprint density at radius 3 is 3.00 bits per heavy atom. The standard InChI is InChI=1S/C13H10N4OS2/c1-8-15-9(7-20-8)6-14-17-12(18)10-4-2-3-5-11(10)16-13(17)19/h2-7H,1H3,(H,16,19)/b14-6-. The van der Waals surface area contributed by atoms with Gasteiger partial charge in [-0.05, 0) is 31.3 Å². The smallest absolute Gasteiger partial charge is 0.282 e. The first kappa shape index (κ1) is 12.9. The summed E-state index contributed by atoms with van der Waals surface area (Å²) in [5, 5.41) is 7.50. The molecule has 0 bridgehead atoms. The van der Waals surface area contributed by atoms with Crippen LogP contribution in [0, 0.1) is 11.7 Å². The number of thiazole rings is 1. The third-order valence-electron chi connectivity index (χ3n) is 2.73. The van der Waals surface area contributed by atoms with E-state index < -0.39 is 0 Å². The van der Waals surface area contributed by atoms with Crippen LogP contribution < -0.4 is 5.56 Å². The molecule has 0 saturated heterocycles. The van der Waals surface area contributed by atoms with Gasteiger partial charge >= 0.3 is 0 Å². The number of fused-ring (bicyclic) bond motifs is 1. The van der Waals surface area contributed by atoms with Gasteiger partial charge < -0.3 is 4.98 Å². The van der Waals surface area contributed by atoms with Crippen molar-refractivity contribution in [3.63, 3.8) is 0 Å². The summed E-state index contributed by atoms with van der Waals surface area (Å²) >= 11 is 6.69. The van der Waals surface area contributed by atoms with E-state index in [9.17, 15) is 4.79 Å². The topological polar surface area (TPSA) is 63.0 Å². The Kier molecular flexibility index (Phi) is 3.29. The molecule has 0 fully saturated rings. The number of aryl methyl sites for hydroxylation is 1. The molecule has 2 aromatic heterocycles. The van der Waals surface area contributed by atoms with Crippen molar-refractivity contribution >= 4 is 40.7 Å². The molecule has 1 aromatic carbocycles. The van der Waals surface area contributed by atoms with Crippen LogP contribution in [0.5, 0.6) is 0 Å². The minimum atomic E-state index is -0.243. The SMILES string of the molecule is Cc1nc(/C=N\n2c(=S)[nH]c3ccccc3c2=O)cs1. The number of aromatic nitrogens is 3. The van der Waals surface area contributed by atoms with Crippen LogP contribution >= 0.6 is 23.6 Å². The number of hydrogen-bond donors (Lipinski definition) is 1. The maximum Gasteiger partial charge on any atom is 0.282 e. The Morgan fingerprint density at radius 2 is 2.25 bits per heavy atom. The van der Waals surface area contributed by atoms with Crippen molar-refractivity contribution in [1.82, 2.24) is 14.6 Å². The Bertz CT molecular complexity index is 920. The van der Waals surface area contributed by atoms with Crippen LogP contribution in [0.2, 0.25) is 0 Å². The third kappa shape index (κ3) is 2.33. The Balaban J connectivity index is 2.14. The predicted octanol–water partition coefficient (Wildman–Crippen LogP) is 2.71. The summed E-state index contributed by atoms with van der Waals surface area (Å²) in [5.41, 5.74) is 1.17. The molecule has 0 radical (unpaired) electrons. The minimum absolute atomic E-state index is 0.243. The van der Waals surface area contributed by atoms with Gasteiger partial charge in [0, 0.05) is 5.38 Å². The number of benzene rings is 1. The first-order chi connectivity index (χ1) is 9.65. The summed E-state index contributed by atoms with van der Waals surface area (Å²) in [6.45, 7) is 1.91. The van der Waals surface area contributed by atoms with E-state index in [2.05, 4.69) is 15.1 Å². The maximum absolute atomic E-state index is 12.3. The number of nitrogens with one attached hydrogen (secondary N) is 1. The molecule has 20 heavy (non-hydrogen) atoms. The number of H-pyrrole nitrogens is 1. The highest BCUT2D eigenvalue weighted by atomic mass is 32.1. The number of hydrogen-bond acceptors (Lipinski definition) is 5. The summed E-state index contributed by atoms with van der Waals surface area (Å²) in [4.78, 5) is 19.6. The number of rotatable bonds is 2. The summed E-state index contributed by atoms with van der Waals surface area (Å²) in [5.74, 6) is 0. The van der Waals surface area contributed by atoms with Gasteiger partial charge in [-0.1, -0.05) is 12.1 Å². The molecule has 0 spiro atoms. The van der Waals surface area contributed by atoms with Crippen molar-refractivity contribution in [2.45, 2.75) is 6.92 Å². The minimum Gasteiger partial charge on any atom is -0.330 e. The van der Waals surface area contributed by atoms with Crippen LogP contribution in [0.4, 0.5) is 0 Å². The lowest BCUT2D eigenvalue weighted by Gasteiger charge is -2.01. The van der Waals surface area contributed by atoms with Gasteiger partial charge in [0.15, 0.2) is 0 Å². The van der Waals surface area contributed by atoms with Gasteiger partial charge in [0.1, 0.15) is 0 Å². The van der Waals surface area contributed by atoms with Crippen LogP contribution in [0.25, 0.3) is 10.9 Å². The zero-order valence-corrected chi connectivity index (χ0v) is 12.2. The van der Waals surface area contributed by atoms with E-state index in [1.54, 1.807) is 12.1 Å². The second-order valence-corrected chi connectivity index (χ2v) is 5.58. The van der Waals surface area contributed by atoms with Crippen molar-refractivity contribution in [1.29, 1.82) is 0 Å². The molecule has 0 amide bonds. The van der Waals surface area contributed by atoms with E-state index in [4.69, 9.17) is 12.2 Å². The Labute approximate surface area is 123 Å². The van der Waals surface area contributed by atoms with Crippen LogP contribution in [0.15, 0.2) is 39.5 Å². The fourth-order valence-electron chi connectivity index (χ4n) is 1.81. The molecule has 5 nitrogen and oxygen atoms in total. The van der Waals surface area contributed by atoms with E-state index in [1.165, 1.54) is 22.2 Å². The molecule has 0 aliphatic carbocycles. The summed E-state index contributed by atoms with van der Waals surface area (Å²) in [7, 11) is 0. The van der Waals surface area contributed by atoms with Crippen molar-refractivity contribution < 1.29 is 0 Å². The Hall–Kier alpha value is -2.12. The molecule has 3 rings (SSSR count). The summed E-state index contributed by atoms with van der Waals surface area (Å²) in [6.07, 6.45) is 1.53. The van der Waals surface area contributed by atoms with Crippen molar-refractivity contribution in [3.05, 3.63) is 55.5 Å². The highest BCUT2D eigenvalue weighted by molar-refractivity contribution is 7.71. The quantitative estimate of drug-likeness (QED) is 0.585. The molecule has 100 valence electrons. The Morgan fingerprint density at radius 1 is 1.45 bits per heavy atom. The van der Waals surface area contributed by atoms with Crippen LogP contribution in [0.1, 0.15) is 10.7 Å². The first-order valence-corrected chi connectivity index (χ1v) is 7.14. The molecule has 7 heteroatoms. The monoisotopic (exact) mass is 302 g/mol. The summed E-state index contributed by atoms with van der Waals surface area (Å²) < 4.78 is 1.43. The fraction of sp³-hybridized carbons (Fsp3) is 0.0769. The molecule has 0 saturated carbocycles. The first-order valence-electron chi connectivity index (χ1n) is 5.86. The van der Waals surface area contributed by atoms with Crippen molar-refractivity contribution in [3.8, 4) is 0 Å². The normalized spacial score (nSPS) is 11.4. The molecule has 0 aliphatic rings. The predicted molar refractivity (Wildman–Crippen MR) is 83.2 cm³/mol. The van der Waals surface area contributed by atoms with E-state index >= 15 is 0 Å². The highest BCUT2D eigenvalue weighted by Crippen LogP contribution is 2.07. The number of aromatic amines is 1. The zero-order chi connectivity index (χ0) is 14.1. The molecule has 1 N–H and O–H groups in total. The largest absolute Gasteiger partial charge is 0.330 e. The van der Waals surface area contributed by atoms with E-state index in [0.717, 1.165) is 5.01 Å². The van der Waals surface area contributed by atoms with Gasteiger partial charge in [-0.2, -0.15) is 9.78 Å². The average Bonchev–Trinajstić information content (AvgIpc) is 2.84. The van der Waals surface area contributed by atoms with Gasteiger partial charge in [-0.3, -0.25) is 4.79 Å². The van der Waals surface area contributed by atoms with Crippen molar-refractivity contribution in [2.24, 2.45) is 5.10 Å². The fourth-order valence-corrected chi connectivity index (χ4v) is 2.62. The number of nitrogens with zero attached hydrogens (tertiary/aromatic N) is 3. The molecular formula is C13H10N4OS2. The van der Waals surface area contributed by atoms with Gasteiger partial charge in [0.05, 0.1) is 27.8 Å². The lowest BCUT2D eigenvalue weighted by molar-refractivity contribution is 0.799. The van der Waals surface area contributed by atoms with Gasteiger partial charge in [0.25, 0.3) is 5.56 Å². The molecule has 0 aliphatic heterocycles. The number of para-hydroxylation sites is 1. The highest BCUT2D eigenvalue weighted by Gasteiger charge is 2.03.